The van der Waals surface area contributed by atoms with Gasteiger partial charge >= 0.3 is 6.18 Å². The van der Waals surface area contributed by atoms with E-state index in [0.29, 0.717) is 0 Å². The van der Waals surface area contributed by atoms with Gasteiger partial charge in [-0.1, -0.05) is 0 Å². The van der Waals surface area contributed by atoms with Crippen LogP contribution in [0.1, 0.15) is 30.1 Å². The third-order valence-corrected chi connectivity index (χ3v) is 3.69. The zero-order valence-electron chi connectivity index (χ0n) is 12.4. The number of rotatable bonds is 2. The molecule has 0 saturated carbocycles. The number of amides is 2. The average Bonchev–Trinajstić information content (AvgIpc) is 2.47. The molecule has 0 radical (unpaired) electrons. The standard InChI is InChI=1S/C15H16F4N2O2/c1-9(22)20-11-4-5-13(16)12(7-11)14(23)21-6-2-3-10(8-21)15(17,18)19/h4-5,7,10H,2-3,6,8H2,1H3,(H,20,22)/t10-/m0/s1. The highest BCUT2D eigenvalue weighted by atomic mass is 19.4. The van der Waals surface area contributed by atoms with E-state index in [9.17, 15) is 27.2 Å². The van der Waals surface area contributed by atoms with Crippen molar-refractivity contribution in [3.8, 4) is 0 Å². The zero-order valence-corrected chi connectivity index (χ0v) is 12.4. The Morgan fingerprint density at radius 2 is 2.00 bits per heavy atom. The molecule has 8 heteroatoms. The van der Waals surface area contributed by atoms with Gasteiger partial charge < -0.3 is 10.2 Å². The van der Waals surface area contributed by atoms with Crippen molar-refractivity contribution < 1.29 is 27.2 Å². The van der Waals surface area contributed by atoms with E-state index in [4.69, 9.17) is 0 Å². The molecule has 0 bridgehead atoms. The van der Waals surface area contributed by atoms with Crippen molar-refractivity contribution >= 4 is 17.5 Å². The fraction of sp³-hybridized carbons (Fsp3) is 0.467. The van der Waals surface area contributed by atoms with E-state index in [1.54, 1.807) is 0 Å². The van der Waals surface area contributed by atoms with Gasteiger partial charge in [0.1, 0.15) is 5.82 Å². The van der Waals surface area contributed by atoms with E-state index in [2.05, 4.69) is 5.32 Å². The van der Waals surface area contributed by atoms with Crippen LogP contribution in [0.15, 0.2) is 18.2 Å². The lowest BCUT2D eigenvalue weighted by atomic mass is 9.97. The number of piperidine rings is 1. The van der Waals surface area contributed by atoms with Gasteiger partial charge in [-0.05, 0) is 31.0 Å². The van der Waals surface area contributed by atoms with Gasteiger partial charge in [-0.2, -0.15) is 13.2 Å². The first-order valence-electron chi connectivity index (χ1n) is 7.11. The third-order valence-electron chi connectivity index (χ3n) is 3.69. The lowest BCUT2D eigenvalue weighted by Gasteiger charge is -2.33. The van der Waals surface area contributed by atoms with Gasteiger partial charge in [0.15, 0.2) is 0 Å². The maximum Gasteiger partial charge on any atom is 0.393 e. The molecule has 2 amide bonds. The largest absolute Gasteiger partial charge is 0.393 e. The predicted octanol–water partition coefficient (Wildman–Crippen LogP) is 3.20. The lowest BCUT2D eigenvalue weighted by molar-refractivity contribution is -0.184. The van der Waals surface area contributed by atoms with Gasteiger partial charge in [0.25, 0.3) is 5.91 Å². The number of hydrogen-bond donors (Lipinski definition) is 1. The molecule has 1 atom stereocenters. The topological polar surface area (TPSA) is 49.4 Å². The molecule has 2 rings (SSSR count). The molecule has 1 aliphatic heterocycles. The van der Waals surface area contributed by atoms with Crippen molar-refractivity contribution in [2.75, 3.05) is 18.4 Å². The van der Waals surface area contributed by atoms with E-state index in [-0.39, 0.29) is 30.6 Å². The summed E-state index contributed by atoms with van der Waals surface area (Å²) in [6.45, 7) is 0.921. The molecule has 0 aliphatic carbocycles. The lowest BCUT2D eigenvalue weighted by Crippen LogP contribution is -2.44. The first kappa shape index (κ1) is 17.2. The molecule has 1 saturated heterocycles. The molecule has 1 fully saturated rings. The number of nitrogens with one attached hydrogen (secondary N) is 1. The average molecular weight is 332 g/mol. The number of carbonyl (C=O) groups is 2. The van der Waals surface area contributed by atoms with Gasteiger partial charge in [-0.25, -0.2) is 4.39 Å². The second-order valence-corrected chi connectivity index (χ2v) is 5.51. The van der Waals surface area contributed by atoms with Crippen molar-refractivity contribution in [3.63, 3.8) is 0 Å². The summed E-state index contributed by atoms with van der Waals surface area (Å²) in [6.07, 6.45) is -4.21. The minimum absolute atomic E-state index is 0.0400. The molecule has 0 spiro atoms. The van der Waals surface area contributed by atoms with E-state index >= 15 is 0 Å². The van der Waals surface area contributed by atoms with Crippen LogP contribution in [0.3, 0.4) is 0 Å². The van der Waals surface area contributed by atoms with Crippen LogP contribution < -0.4 is 5.32 Å². The van der Waals surface area contributed by atoms with E-state index < -0.39 is 36.3 Å². The summed E-state index contributed by atoms with van der Waals surface area (Å²) < 4.78 is 52.3. The monoisotopic (exact) mass is 332 g/mol. The minimum atomic E-state index is -4.38. The minimum Gasteiger partial charge on any atom is -0.338 e. The number of anilines is 1. The van der Waals surface area contributed by atoms with Crippen LogP contribution >= 0.6 is 0 Å². The van der Waals surface area contributed by atoms with Crippen LogP contribution in [0.2, 0.25) is 0 Å². The molecule has 1 aliphatic rings. The van der Waals surface area contributed by atoms with E-state index in [1.807, 2.05) is 0 Å². The molecule has 1 aromatic rings. The van der Waals surface area contributed by atoms with Crippen LogP contribution in [-0.4, -0.2) is 36.0 Å². The highest BCUT2D eigenvalue weighted by molar-refractivity contribution is 5.97. The second kappa shape index (κ2) is 6.55. The van der Waals surface area contributed by atoms with Crippen molar-refractivity contribution in [1.82, 2.24) is 4.90 Å². The summed E-state index contributed by atoms with van der Waals surface area (Å²) in [5.41, 5.74) is -0.134. The molecule has 1 N–H and O–H groups in total. The number of benzene rings is 1. The molecular formula is C15H16F4N2O2. The summed E-state index contributed by atoms with van der Waals surface area (Å²) >= 11 is 0. The molecule has 4 nitrogen and oxygen atoms in total. The molecule has 1 aromatic carbocycles. The quantitative estimate of drug-likeness (QED) is 0.846. The maximum atomic E-state index is 13.9. The molecule has 0 unspecified atom stereocenters. The Kier molecular flexibility index (Phi) is 4.91. The van der Waals surface area contributed by atoms with Crippen LogP contribution in [0.4, 0.5) is 23.2 Å². The number of halogens is 4. The first-order chi connectivity index (χ1) is 10.7. The Morgan fingerprint density at radius 3 is 2.61 bits per heavy atom. The van der Waals surface area contributed by atoms with Crippen LogP contribution in [0.25, 0.3) is 0 Å². The summed E-state index contributed by atoms with van der Waals surface area (Å²) in [7, 11) is 0. The van der Waals surface area contributed by atoms with Crippen LogP contribution in [0.5, 0.6) is 0 Å². The molecule has 1 heterocycles. The van der Waals surface area contributed by atoms with Gasteiger partial charge in [-0.15, -0.1) is 0 Å². The number of alkyl halides is 3. The Bertz CT molecular complexity index is 616. The fourth-order valence-electron chi connectivity index (χ4n) is 2.57. The smallest absolute Gasteiger partial charge is 0.338 e. The Morgan fingerprint density at radius 1 is 1.30 bits per heavy atom. The number of likely N-dealkylation sites (tertiary alicyclic amines) is 1. The maximum absolute atomic E-state index is 13.9. The van der Waals surface area contributed by atoms with Crippen molar-refractivity contribution in [1.29, 1.82) is 0 Å². The summed E-state index contributed by atoms with van der Waals surface area (Å²) in [4.78, 5) is 24.4. The second-order valence-electron chi connectivity index (χ2n) is 5.51. The number of nitrogens with zero attached hydrogens (tertiary/aromatic N) is 1. The van der Waals surface area contributed by atoms with E-state index in [0.717, 1.165) is 17.0 Å². The Labute approximate surface area is 130 Å². The van der Waals surface area contributed by atoms with Crippen molar-refractivity contribution in [2.45, 2.75) is 25.9 Å². The Balaban J connectivity index is 2.21. The zero-order chi connectivity index (χ0) is 17.2. The summed E-state index contributed by atoms with van der Waals surface area (Å²) in [5, 5.41) is 2.41. The third kappa shape index (κ3) is 4.20. The molecule has 0 aromatic heterocycles. The molecule has 126 valence electrons. The van der Waals surface area contributed by atoms with Crippen LogP contribution in [0, 0.1) is 11.7 Å². The summed E-state index contributed by atoms with van der Waals surface area (Å²) in [5.74, 6) is -3.63. The van der Waals surface area contributed by atoms with Crippen molar-refractivity contribution in [2.24, 2.45) is 5.92 Å². The highest BCUT2D eigenvalue weighted by Gasteiger charge is 2.43. The fourth-order valence-corrected chi connectivity index (χ4v) is 2.57. The molecule has 23 heavy (non-hydrogen) atoms. The predicted molar refractivity (Wildman–Crippen MR) is 75.4 cm³/mol. The van der Waals surface area contributed by atoms with Gasteiger partial charge in [0.2, 0.25) is 5.91 Å². The van der Waals surface area contributed by atoms with Gasteiger partial charge in [0.05, 0.1) is 11.5 Å². The van der Waals surface area contributed by atoms with Gasteiger partial charge in [-0.3, -0.25) is 9.59 Å². The first-order valence-corrected chi connectivity index (χ1v) is 7.11. The normalized spacial score (nSPS) is 18.7. The number of hydrogen-bond acceptors (Lipinski definition) is 2. The van der Waals surface area contributed by atoms with Gasteiger partial charge in [0, 0.05) is 25.7 Å². The number of carbonyl (C=O) groups excluding carboxylic acids is 2. The van der Waals surface area contributed by atoms with Crippen molar-refractivity contribution in [3.05, 3.63) is 29.6 Å². The Hall–Kier alpha value is -2.12. The molecular weight excluding hydrogens is 316 g/mol. The highest BCUT2D eigenvalue weighted by Crippen LogP contribution is 2.33. The van der Waals surface area contributed by atoms with E-state index in [1.165, 1.54) is 13.0 Å². The summed E-state index contributed by atoms with van der Waals surface area (Å²) in [6, 6.07) is 3.42. The van der Waals surface area contributed by atoms with Crippen LogP contribution in [-0.2, 0) is 4.79 Å². The SMILES string of the molecule is CC(=O)Nc1ccc(F)c(C(=O)N2CCC[C@H](C(F)(F)F)C2)c1.